The van der Waals surface area contributed by atoms with Gasteiger partial charge in [0.25, 0.3) is 0 Å². The average Bonchev–Trinajstić information content (AvgIpc) is 2.71. The van der Waals surface area contributed by atoms with E-state index in [1.165, 1.54) is 11.3 Å². The Bertz CT molecular complexity index is 443. The van der Waals surface area contributed by atoms with Gasteiger partial charge < -0.3 is 10.5 Å². The fraction of sp³-hybridized carbons (Fsp3) is 0.583. The number of aromatic nitrogens is 1. The number of nitrogens with zero attached hydrogens (tertiary/aromatic N) is 1. The van der Waals surface area contributed by atoms with Crippen molar-refractivity contribution in [2.45, 2.75) is 39.5 Å². The maximum atomic E-state index is 11.8. The van der Waals surface area contributed by atoms with Gasteiger partial charge in [0.05, 0.1) is 13.0 Å². The monoisotopic (exact) mass is 270 g/mol. The number of hydrogen-bond donors (Lipinski definition) is 1. The molecule has 1 aromatic rings. The number of amides is 1. The molecule has 18 heavy (non-hydrogen) atoms. The molecular formula is C12H18N2O3S. The van der Waals surface area contributed by atoms with Crippen LogP contribution in [0.15, 0.2) is 0 Å². The van der Waals surface area contributed by atoms with Gasteiger partial charge >= 0.3 is 5.97 Å². The minimum absolute atomic E-state index is 0.0630. The van der Waals surface area contributed by atoms with E-state index in [4.69, 9.17) is 10.5 Å². The normalized spacial score (nSPS) is 12.2. The Kier molecular flexibility index (Phi) is 5.27. The third kappa shape index (κ3) is 3.53. The lowest BCUT2D eigenvalue weighted by Crippen LogP contribution is -2.14. The van der Waals surface area contributed by atoms with E-state index < -0.39 is 11.9 Å². The minimum atomic E-state index is -0.449. The molecule has 0 aromatic carbocycles. The van der Waals surface area contributed by atoms with Crippen molar-refractivity contribution in [3.63, 3.8) is 0 Å². The molecule has 0 bridgehead atoms. The van der Waals surface area contributed by atoms with E-state index in [2.05, 4.69) is 4.98 Å². The van der Waals surface area contributed by atoms with Crippen molar-refractivity contribution in [3.8, 4) is 0 Å². The summed E-state index contributed by atoms with van der Waals surface area (Å²) in [7, 11) is 0. The molecule has 0 saturated carbocycles. The van der Waals surface area contributed by atoms with Gasteiger partial charge in [-0.05, 0) is 19.3 Å². The third-order valence-corrected chi connectivity index (χ3v) is 3.84. The summed E-state index contributed by atoms with van der Waals surface area (Å²) in [5.41, 5.74) is 5.47. The van der Waals surface area contributed by atoms with E-state index in [-0.39, 0.29) is 12.3 Å². The van der Waals surface area contributed by atoms with Crippen LogP contribution in [0, 0.1) is 0 Å². The summed E-state index contributed by atoms with van der Waals surface area (Å²) in [5.74, 6) is -0.668. The van der Waals surface area contributed by atoms with Crippen molar-refractivity contribution in [2.24, 2.45) is 5.73 Å². The molecule has 0 unspecified atom stereocenters. The number of esters is 1. The smallest absolute Gasteiger partial charge is 0.358 e. The molecule has 0 aliphatic carbocycles. The summed E-state index contributed by atoms with van der Waals surface area (Å²) in [6, 6.07) is 0. The molecule has 0 fully saturated rings. The number of thiazole rings is 1. The van der Waals surface area contributed by atoms with Crippen LogP contribution in [-0.4, -0.2) is 23.5 Å². The van der Waals surface area contributed by atoms with Gasteiger partial charge in [-0.25, -0.2) is 9.78 Å². The van der Waals surface area contributed by atoms with Gasteiger partial charge in [0, 0.05) is 4.88 Å². The van der Waals surface area contributed by atoms with Crippen LogP contribution >= 0.6 is 11.3 Å². The predicted molar refractivity (Wildman–Crippen MR) is 69.7 cm³/mol. The quantitative estimate of drug-likeness (QED) is 0.800. The maximum absolute atomic E-state index is 11.8. The molecule has 0 aliphatic rings. The summed E-state index contributed by atoms with van der Waals surface area (Å²) in [6.45, 7) is 6.11. The van der Waals surface area contributed by atoms with Crippen LogP contribution in [0.4, 0.5) is 0 Å². The molecule has 1 atom stereocenters. The summed E-state index contributed by atoms with van der Waals surface area (Å²) >= 11 is 1.36. The van der Waals surface area contributed by atoms with Crippen molar-refractivity contribution in [1.29, 1.82) is 0 Å². The van der Waals surface area contributed by atoms with Crippen LogP contribution in [0.1, 0.15) is 53.5 Å². The molecule has 0 spiro atoms. The number of ether oxygens (including phenoxy) is 1. The van der Waals surface area contributed by atoms with Crippen LogP contribution in [0.2, 0.25) is 0 Å². The van der Waals surface area contributed by atoms with Crippen LogP contribution in [0.5, 0.6) is 0 Å². The first-order valence-corrected chi connectivity index (χ1v) is 6.76. The molecule has 0 saturated heterocycles. The summed E-state index contributed by atoms with van der Waals surface area (Å²) in [4.78, 5) is 27.7. The highest BCUT2D eigenvalue weighted by molar-refractivity contribution is 7.12. The zero-order chi connectivity index (χ0) is 13.7. The summed E-state index contributed by atoms with van der Waals surface area (Å²) < 4.78 is 4.97. The van der Waals surface area contributed by atoms with E-state index in [1.54, 1.807) is 6.92 Å². The van der Waals surface area contributed by atoms with Crippen molar-refractivity contribution in [3.05, 3.63) is 15.6 Å². The molecule has 1 aromatic heterocycles. The topological polar surface area (TPSA) is 82.3 Å². The van der Waals surface area contributed by atoms with Gasteiger partial charge in [-0.15, -0.1) is 11.3 Å². The SMILES string of the molecule is CCOC(=O)c1nc(CC(N)=O)sc1[C@@H](C)CC. The van der Waals surface area contributed by atoms with Crippen molar-refractivity contribution in [1.82, 2.24) is 4.98 Å². The summed E-state index contributed by atoms with van der Waals surface area (Å²) in [5, 5.41) is 0.570. The Morgan fingerprint density at radius 3 is 2.61 bits per heavy atom. The molecular weight excluding hydrogens is 252 g/mol. The number of carbonyl (C=O) groups is 2. The molecule has 0 radical (unpaired) electrons. The first-order chi connectivity index (χ1) is 8.49. The second-order valence-electron chi connectivity index (χ2n) is 3.99. The summed E-state index contributed by atoms with van der Waals surface area (Å²) in [6.07, 6.45) is 0.956. The van der Waals surface area contributed by atoms with Crippen molar-refractivity contribution < 1.29 is 14.3 Å². The standard InChI is InChI=1S/C12H18N2O3S/c1-4-7(3)11-10(12(16)17-5-2)14-9(18-11)6-8(13)15/h7H,4-6H2,1-3H3,(H2,13,15)/t7-/m0/s1. The predicted octanol–water partition coefficient (Wildman–Crippen LogP) is 1.86. The Morgan fingerprint density at radius 1 is 1.44 bits per heavy atom. The van der Waals surface area contributed by atoms with Crippen LogP contribution in [0.3, 0.4) is 0 Å². The van der Waals surface area contributed by atoms with Crippen molar-refractivity contribution in [2.75, 3.05) is 6.61 Å². The van der Waals surface area contributed by atoms with Gasteiger partial charge in [-0.2, -0.15) is 0 Å². The second kappa shape index (κ2) is 6.49. The number of hydrogen-bond acceptors (Lipinski definition) is 5. The fourth-order valence-electron chi connectivity index (χ4n) is 1.47. The Morgan fingerprint density at radius 2 is 2.11 bits per heavy atom. The molecule has 1 heterocycles. The van der Waals surface area contributed by atoms with Crippen molar-refractivity contribution >= 4 is 23.2 Å². The average molecular weight is 270 g/mol. The lowest BCUT2D eigenvalue weighted by atomic mass is 10.1. The number of carbonyl (C=O) groups excluding carboxylic acids is 2. The first-order valence-electron chi connectivity index (χ1n) is 5.94. The molecule has 1 amide bonds. The first kappa shape index (κ1) is 14.6. The molecule has 2 N–H and O–H groups in total. The number of primary amides is 1. The molecule has 6 heteroatoms. The number of nitrogens with two attached hydrogens (primary N) is 1. The highest BCUT2D eigenvalue weighted by Gasteiger charge is 2.22. The van der Waals surface area contributed by atoms with E-state index in [1.807, 2.05) is 13.8 Å². The van der Waals surface area contributed by atoms with E-state index in [0.717, 1.165) is 11.3 Å². The van der Waals surface area contributed by atoms with E-state index in [9.17, 15) is 9.59 Å². The van der Waals surface area contributed by atoms with Gasteiger partial charge in [0.1, 0.15) is 5.01 Å². The fourth-order valence-corrected chi connectivity index (χ4v) is 2.67. The van der Waals surface area contributed by atoms with Gasteiger partial charge in [0.15, 0.2) is 5.69 Å². The van der Waals surface area contributed by atoms with Gasteiger partial charge in [0.2, 0.25) is 5.91 Å². The lowest BCUT2D eigenvalue weighted by molar-refractivity contribution is -0.117. The number of rotatable bonds is 6. The van der Waals surface area contributed by atoms with Crippen LogP contribution < -0.4 is 5.73 Å². The zero-order valence-electron chi connectivity index (χ0n) is 10.9. The molecule has 5 nitrogen and oxygen atoms in total. The largest absolute Gasteiger partial charge is 0.461 e. The lowest BCUT2D eigenvalue weighted by Gasteiger charge is -2.07. The molecule has 100 valence electrons. The zero-order valence-corrected chi connectivity index (χ0v) is 11.7. The van der Waals surface area contributed by atoms with E-state index >= 15 is 0 Å². The highest BCUT2D eigenvalue weighted by Crippen LogP contribution is 2.29. The second-order valence-corrected chi connectivity index (χ2v) is 5.11. The third-order valence-electron chi connectivity index (χ3n) is 2.55. The molecule has 0 aliphatic heterocycles. The highest BCUT2D eigenvalue weighted by atomic mass is 32.1. The van der Waals surface area contributed by atoms with Crippen LogP contribution in [-0.2, 0) is 16.0 Å². The maximum Gasteiger partial charge on any atom is 0.358 e. The van der Waals surface area contributed by atoms with E-state index in [0.29, 0.717) is 17.3 Å². The molecule has 1 rings (SSSR count). The Balaban J connectivity index is 3.08. The van der Waals surface area contributed by atoms with Gasteiger partial charge in [-0.1, -0.05) is 13.8 Å². The Hall–Kier alpha value is -1.43. The minimum Gasteiger partial charge on any atom is -0.461 e. The Labute approximate surface area is 110 Å². The van der Waals surface area contributed by atoms with Crippen LogP contribution in [0.25, 0.3) is 0 Å². The van der Waals surface area contributed by atoms with Gasteiger partial charge in [-0.3, -0.25) is 4.79 Å².